The SMILES string of the molecule is CCn1c(=O)c2cnc(Nc3ccc4c(c3)CNCC4)nc2n1-c1cccc(C2CC2)n1. The zero-order valence-electron chi connectivity index (χ0n) is 18.0. The topological polar surface area (TPSA) is 89.7 Å². The molecule has 4 heterocycles. The number of rotatable bonds is 5. The van der Waals surface area contributed by atoms with Crippen LogP contribution in [0.2, 0.25) is 0 Å². The van der Waals surface area contributed by atoms with E-state index in [0.29, 0.717) is 35.3 Å². The van der Waals surface area contributed by atoms with Crippen LogP contribution in [0.25, 0.3) is 16.9 Å². The molecule has 6 rings (SSSR count). The van der Waals surface area contributed by atoms with Crippen molar-refractivity contribution in [1.82, 2.24) is 29.6 Å². The zero-order valence-corrected chi connectivity index (χ0v) is 18.0. The van der Waals surface area contributed by atoms with Crippen molar-refractivity contribution in [2.45, 2.75) is 45.2 Å². The lowest BCUT2D eigenvalue weighted by Crippen LogP contribution is -2.23. The highest BCUT2D eigenvalue weighted by molar-refractivity contribution is 5.77. The van der Waals surface area contributed by atoms with Gasteiger partial charge in [0.15, 0.2) is 11.5 Å². The summed E-state index contributed by atoms with van der Waals surface area (Å²) >= 11 is 0. The van der Waals surface area contributed by atoms with Crippen LogP contribution in [0.5, 0.6) is 0 Å². The highest BCUT2D eigenvalue weighted by atomic mass is 16.1. The van der Waals surface area contributed by atoms with E-state index >= 15 is 0 Å². The van der Waals surface area contributed by atoms with Crippen molar-refractivity contribution in [3.05, 3.63) is 69.8 Å². The van der Waals surface area contributed by atoms with Gasteiger partial charge in [-0.05, 0) is 68.1 Å². The first-order chi connectivity index (χ1) is 15.7. The van der Waals surface area contributed by atoms with Gasteiger partial charge in [0, 0.05) is 36.6 Å². The quantitative estimate of drug-likeness (QED) is 0.508. The summed E-state index contributed by atoms with van der Waals surface area (Å²) in [6, 6.07) is 12.4. The number of pyridine rings is 1. The van der Waals surface area contributed by atoms with Crippen LogP contribution >= 0.6 is 0 Å². The normalized spacial score (nSPS) is 15.7. The Morgan fingerprint density at radius 2 is 2.06 bits per heavy atom. The van der Waals surface area contributed by atoms with Crippen molar-refractivity contribution in [2.24, 2.45) is 0 Å². The molecule has 1 aliphatic carbocycles. The maximum atomic E-state index is 13.0. The van der Waals surface area contributed by atoms with Crippen LogP contribution in [0.15, 0.2) is 47.4 Å². The molecule has 0 atom stereocenters. The fraction of sp³-hybridized carbons (Fsp3) is 0.333. The Morgan fingerprint density at radius 1 is 1.16 bits per heavy atom. The van der Waals surface area contributed by atoms with Gasteiger partial charge in [0.05, 0.1) is 0 Å². The van der Waals surface area contributed by atoms with Crippen LogP contribution in [0.1, 0.15) is 42.5 Å². The minimum atomic E-state index is -0.104. The fourth-order valence-corrected chi connectivity index (χ4v) is 4.46. The van der Waals surface area contributed by atoms with Gasteiger partial charge in [0.25, 0.3) is 5.56 Å². The molecule has 1 fully saturated rings. The molecule has 4 aromatic rings. The lowest BCUT2D eigenvalue weighted by Gasteiger charge is -2.18. The number of anilines is 2. The zero-order chi connectivity index (χ0) is 21.7. The van der Waals surface area contributed by atoms with Gasteiger partial charge >= 0.3 is 0 Å². The first kappa shape index (κ1) is 19.2. The lowest BCUT2D eigenvalue weighted by atomic mass is 10.0. The van der Waals surface area contributed by atoms with Crippen LogP contribution in [0.3, 0.4) is 0 Å². The van der Waals surface area contributed by atoms with Crippen molar-refractivity contribution < 1.29 is 0 Å². The van der Waals surface area contributed by atoms with Gasteiger partial charge in [-0.2, -0.15) is 4.98 Å². The fourth-order valence-electron chi connectivity index (χ4n) is 4.46. The Hall–Kier alpha value is -3.52. The summed E-state index contributed by atoms with van der Waals surface area (Å²) in [5.41, 5.74) is 5.14. The van der Waals surface area contributed by atoms with Gasteiger partial charge in [-0.15, -0.1) is 0 Å². The summed E-state index contributed by atoms with van der Waals surface area (Å²) in [6.07, 6.45) is 5.01. The molecule has 3 aromatic heterocycles. The molecule has 1 aromatic carbocycles. The molecule has 0 unspecified atom stereocenters. The van der Waals surface area contributed by atoms with Gasteiger partial charge in [-0.3, -0.25) is 4.79 Å². The van der Waals surface area contributed by atoms with Crippen molar-refractivity contribution in [3.63, 3.8) is 0 Å². The molecular weight excluding hydrogens is 402 g/mol. The molecule has 1 saturated carbocycles. The van der Waals surface area contributed by atoms with E-state index in [1.165, 1.54) is 24.0 Å². The molecule has 0 amide bonds. The summed E-state index contributed by atoms with van der Waals surface area (Å²) in [5.74, 6) is 1.71. The van der Waals surface area contributed by atoms with Crippen LogP contribution in [0, 0.1) is 0 Å². The third kappa shape index (κ3) is 3.27. The number of nitrogens with zero attached hydrogens (tertiary/aromatic N) is 5. The standard InChI is InChI=1S/C24H25N7O/c1-2-30-23(32)19-14-26-24(27-18-9-8-15-10-11-25-13-17(15)12-18)29-22(19)31(30)21-5-3-4-20(28-21)16-6-7-16/h3-5,8-9,12,14,16,25H,2,6-7,10-11,13H2,1H3,(H,26,27,29). The van der Waals surface area contributed by atoms with E-state index in [1.807, 2.05) is 23.7 Å². The van der Waals surface area contributed by atoms with Crippen molar-refractivity contribution in [3.8, 4) is 5.82 Å². The predicted octanol–water partition coefficient (Wildman–Crippen LogP) is 3.26. The Balaban J connectivity index is 1.43. The highest BCUT2D eigenvalue weighted by Gasteiger charge is 2.26. The van der Waals surface area contributed by atoms with E-state index in [2.05, 4.69) is 39.9 Å². The Morgan fingerprint density at radius 3 is 2.91 bits per heavy atom. The van der Waals surface area contributed by atoms with E-state index in [1.54, 1.807) is 10.9 Å². The van der Waals surface area contributed by atoms with Crippen molar-refractivity contribution in [2.75, 3.05) is 11.9 Å². The maximum absolute atomic E-state index is 13.0. The van der Waals surface area contributed by atoms with Gasteiger partial charge in [-0.1, -0.05) is 12.1 Å². The smallest absolute Gasteiger partial charge is 0.278 e. The Labute approximate surface area is 185 Å². The predicted molar refractivity (Wildman–Crippen MR) is 124 cm³/mol. The second-order valence-corrected chi connectivity index (χ2v) is 8.49. The Kier molecular flexibility index (Phi) is 4.53. The number of hydrogen-bond acceptors (Lipinski definition) is 6. The Bertz CT molecular complexity index is 1380. The molecule has 0 bridgehead atoms. The molecular formula is C24H25N7O. The average Bonchev–Trinajstić information content (AvgIpc) is 3.64. The van der Waals surface area contributed by atoms with Crippen molar-refractivity contribution in [1.29, 1.82) is 0 Å². The van der Waals surface area contributed by atoms with Gasteiger partial charge in [0.2, 0.25) is 5.95 Å². The average molecular weight is 428 g/mol. The molecule has 0 radical (unpaired) electrons. The minimum absolute atomic E-state index is 0.104. The molecule has 2 N–H and O–H groups in total. The van der Waals surface area contributed by atoms with E-state index in [9.17, 15) is 4.79 Å². The van der Waals surface area contributed by atoms with Gasteiger partial charge in [0.1, 0.15) is 5.39 Å². The lowest BCUT2D eigenvalue weighted by molar-refractivity contribution is 0.567. The van der Waals surface area contributed by atoms with E-state index < -0.39 is 0 Å². The third-order valence-corrected chi connectivity index (χ3v) is 6.29. The molecule has 32 heavy (non-hydrogen) atoms. The highest BCUT2D eigenvalue weighted by Crippen LogP contribution is 2.39. The summed E-state index contributed by atoms with van der Waals surface area (Å²) < 4.78 is 3.50. The minimum Gasteiger partial charge on any atom is -0.324 e. The summed E-state index contributed by atoms with van der Waals surface area (Å²) in [4.78, 5) is 27.0. The second kappa shape index (κ2) is 7.56. The summed E-state index contributed by atoms with van der Waals surface area (Å²) in [7, 11) is 0. The van der Waals surface area contributed by atoms with Crippen molar-refractivity contribution >= 4 is 22.7 Å². The molecule has 8 nitrogen and oxygen atoms in total. The largest absolute Gasteiger partial charge is 0.324 e. The van der Waals surface area contributed by atoms with E-state index in [-0.39, 0.29) is 5.56 Å². The number of fused-ring (bicyclic) bond motifs is 2. The summed E-state index contributed by atoms with van der Waals surface area (Å²) in [6.45, 7) is 4.36. The maximum Gasteiger partial charge on any atom is 0.278 e. The number of aromatic nitrogens is 5. The number of nitrogens with one attached hydrogen (secondary N) is 2. The number of benzene rings is 1. The second-order valence-electron chi connectivity index (χ2n) is 8.49. The molecule has 0 saturated heterocycles. The monoisotopic (exact) mass is 427 g/mol. The van der Waals surface area contributed by atoms with Crippen LogP contribution < -0.4 is 16.2 Å². The third-order valence-electron chi connectivity index (χ3n) is 6.29. The van der Waals surface area contributed by atoms with E-state index in [4.69, 9.17) is 9.97 Å². The molecule has 1 aliphatic heterocycles. The molecule has 2 aliphatic rings. The van der Waals surface area contributed by atoms with E-state index in [0.717, 1.165) is 30.9 Å². The van der Waals surface area contributed by atoms with Crippen LogP contribution in [0.4, 0.5) is 11.6 Å². The molecule has 162 valence electrons. The first-order valence-electron chi connectivity index (χ1n) is 11.3. The van der Waals surface area contributed by atoms with Crippen LogP contribution in [-0.2, 0) is 19.5 Å². The summed E-state index contributed by atoms with van der Waals surface area (Å²) in [5, 5.41) is 7.21. The van der Waals surface area contributed by atoms with Gasteiger partial charge in [-0.25, -0.2) is 19.3 Å². The first-order valence-corrected chi connectivity index (χ1v) is 11.3. The molecule has 0 spiro atoms. The van der Waals surface area contributed by atoms with Gasteiger partial charge < -0.3 is 10.6 Å². The van der Waals surface area contributed by atoms with Crippen LogP contribution in [-0.4, -0.2) is 30.9 Å². The molecule has 8 heteroatoms. The number of hydrogen-bond donors (Lipinski definition) is 2.